The van der Waals surface area contributed by atoms with Gasteiger partial charge in [0, 0.05) is 30.1 Å². The van der Waals surface area contributed by atoms with Crippen molar-refractivity contribution in [3.05, 3.63) is 69.5 Å². The van der Waals surface area contributed by atoms with Gasteiger partial charge in [-0.1, -0.05) is 22.9 Å². The molecule has 0 atom stereocenters. The molecular weight excluding hydrogens is 497 g/mol. The smallest absolute Gasteiger partial charge is 0.336 e. The zero-order valence-corrected chi connectivity index (χ0v) is 20.0. The number of hydrogen-bond acceptors (Lipinski definition) is 8. The number of aryl methyl sites for hydroxylation is 1. The summed E-state index contributed by atoms with van der Waals surface area (Å²) < 4.78 is 20.1. The summed E-state index contributed by atoms with van der Waals surface area (Å²) >= 11 is 6.16. The summed E-state index contributed by atoms with van der Waals surface area (Å²) in [6.07, 6.45) is 1.87. The second kappa shape index (κ2) is 13.2. The Morgan fingerprint density at radius 1 is 1.28 bits per heavy atom. The summed E-state index contributed by atoms with van der Waals surface area (Å²) in [5, 5.41) is 37.1. The van der Waals surface area contributed by atoms with Gasteiger partial charge in [0.1, 0.15) is 5.71 Å². The lowest BCUT2D eigenvalue weighted by molar-refractivity contribution is -0.110. The number of carboxylic acids is 1. The Kier molecular flexibility index (Phi) is 10.3. The number of allylic oxidation sites excluding steroid dienone is 1. The van der Waals surface area contributed by atoms with E-state index in [-0.39, 0.29) is 46.3 Å². The van der Waals surface area contributed by atoms with Crippen LogP contribution in [-0.2, 0) is 11.2 Å². The summed E-state index contributed by atoms with van der Waals surface area (Å²) in [5.74, 6) is -3.04. The molecular formula is C23H23ClFN5O6. The molecule has 0 unspecified atom stereocenters. The van der Waals surface area contributed by atoms with Crippen molar-refractivity contribution in [2.24, 2.45) is 15.3 Å². The molecule has 0 heterocycles. The molecule has 190 valence electrons. The minimum atomic E-state index is -2.10. The summed E-state index contributed by atoms with van der Waals surface area (Å²) in [7, 11) is 1.35. The summed E-state index contributed by atoms with van der Waals surface area (Å²) in [4.78, 5) is 27.6. The van der Waals surface area contributed by atoms with Crippen LogP contribution in [0.3, 0.4) is 0 Å². The Balaban J connectivity index is 2.23. The van der Waals surface area contributed by atoms with Crippen LogP contribution in [0.15, 0.2) is 51.7 Å². The average molecular weight is 520 g/mol. The lowest BCUT2D eigenvalue weighted by Gasteiger charge is -2.16. The number of nitrogens with one attached hydrogen (secondary N) is 2. The summed E-state index contributed by atoms with van der Waals surface area (Å²) in [6.45, 7) is 1.57. The van der Waals surface area contributed by atoms with Gasteiger partial charge < -0.3 is 25.4 Å². The van der Waals surface area contributed by atoms with Crippen LogP contribution >= 0.6 is 11.6 Å². The Morgan fingerprint density at radius 3 is 2.61 bits per heavy atom. The monoisotopic (exact) mass is 519 g/mol. The zero-order chi connectivity index (χ0) is 26.8. The number of nitrogens with zero attached hydrogens (tertiary/aromatic N) is 3. The highest BCUT2D eigenvalue weighted by Crippen LogP contribution is 2.30. The van der Waals surface area contributed by atoms with E-state index in [1.165, 1.54) is 25.3 Å². The van der Waals surface area contributed by atoms with Gasteiger partial charge in [0.05, 0.1) is 24.1 Å². The van der Waals surface area contributed by atoms with Crippen LogP contribution < -0.4 is 10.1 Å². The number of halogens is 2. The van der Waals surface area contributed by atoms with Gasteiger partial charge in [0.2, 0.25) is 0 Å². The van der Waals surface area contributed by atoms with Crippen molar-refractivity contribution in [3.8, 4) is 5.75 Å². The van der Waals surface area contributed by atoms with Crippen molar-refractivity contribution in [2.45, 2.75) is 19.6 Å². The molecule has 0 aromatic heterocycles. The first kappa shape index (κ1) is 28.2. The number of ether oxygens (including phenoxy) is 1. The third kappa shape index (κ3) is 7.50. The first-order valence-electron chi connectivity index (χ1n) is 10.3. The van der Waals surface area contributed by atoms with E-state index in [0.717, 1.165) is 18.3 Å². The molecule has 2 aromatic carbocycles. The van der Waals surface area contributed by atoms with Crippen molar-refractivity contribution in [1.82, 2.24) is 0 Å². The number of carbonyl (C=O) groups is 2. The lowest BCUT2D eigenvalue weighted by atomic mass is 10.0. The molecule has 0 saturated carbocycles. The molecule has 0 saturated heterocycles. The van der Waals surface area contributed by atoms with Crippen molar-refractivity contribution in [3.63, 3.8) is 0 Å². The molecule has 1 amide bonds. The maximum atomic E-state index is 14.6. The number of aromatic carboxylic acids is 1. The maximum absolute atomic E-state index is 14.6. The molecule has 0 aliphatic carbocycles. The highest BCUT2D eigenvalue weighted by atomic mass is 35.5. The van der Waals surface area contributed by atoms with Crippen molar-refractivity contribution >= 4 is 41.1 Å². The van der Waals surface area contributed by atoms with Gasteiger partial charge in [-0.15, -0.1) is 5.10 Å². The maximum Gasteiger partial charge on any atom is 0.336 e. The molecule has 36 heavy (non-hydrogen) atoms. The van der Waals surface area contributed by atoms with Crippen LogP contribution in [0.5, 0.6) is 5.75 Å². The number of aliphatic hydroxyl groups excluding tert-OH is 1. The predicted molar refractivity (Wildman–Crippen MR) is 131 cm³/mol. The summed E-state index contributed by atoms with van der Waals surface area (Å²) in [5.41, 5.74) is 7.21. The van der Waals surface area contributed by atoms with E-state index >= 15 is 0 Å². The van der Waals surface area contributed by atoms with Crippen LogP contribution in [0.25, 0.3) is 0 Å². The van der Waals surface area contributed by atoms with E-state index in [9.17, 15) is 29.3 Å². The predicted octanol–water partition coefficient (Wildman–Crippen LogP) is 3.67. The molecule has 0 spiro atoms. The molecule has 0 radical (unpaired) electrons. The number of anilines is 1. The molecule has 0 aliphatic rings. The fourth-order valence-electron chi connectivity index (χ4n) is 3.08. The number of hydrogen-bond donors (Lipinski definition) is 5. The Morgan fingerprint density at radius 2 is 2.00 bits per heavy atom. The van der Waals surface area contributed by atoms with Crippen LogP contribution in [0.2, 0.25) is 5.02 Å². The number of aliphatic hydroxyl groups is 2. The van der Waals surface area contributed by atoms with Gasteiger partial charge in [-0.3, -0.25) is 9.79 Å². The normalized spacial score (nSPS) is 11.9. The number of amides is 1. The Hall–Kier alpha value is -4.00. The van der Waals surface area contributed by atoms with Crippen molar-refractivity contribution in [1.29, 1.82) is 5.53 Å². The van der Waals surface area contributed by atoms with Crippen molar-refractivity contribution < 1.29 is 34.0 Å². The fraction of sp³-hybridized carbons (Fsp3) is 0.217. The van der Waals surface area contributed by atoms with Gasteiger partial charge in [-0.05, 0) is 42.3 Å². The highest BCUT2D eigenvalue weighted by molar-refractivity contribution is 6.47. The quantitative estimate of drug-likeness (QED) is 0.131. The van der Waals surface area contributed by atoms with Crippen molar-refractivity contribution in [2.75, 3.05) is 19.0 Å². The van der Waals surface area contributed by atoms with Crippen LogP contribution in [0.4, 0.5) is 10.1 Å². The molecule has 0 fully saturated rings. The van der Waals surface area contributed by atoms with Gasteiger partial charge in [-0.25, -0.2) is 9.18 Å². The number of aliphatic imine (C=N–C) groups is 1. The van der Waals surface area contributed by atoms with Crippen LogP contribution in [0.1, 0.15) is 33.3 Å². The Bertz CT molecular complexity index is 1250. The van der Waals surface area contributed by atoms with Gasteiger partial charge in [0.25, 0.3) is 5.91 Å². The number of rotatable bonds is 11. The second-order valence-electron chi connectivity index (χ2n) is 7.19. The number of benzene rings is 2. The minimum Gasteiger partial charge on any atom is -0.490 e. The van der Waals surface area contributed by atoms with E-state index in [2.05, 4.69) is 20.6 Å². The fourth-order valence-corrected chi connectivity index (χ4v) is 3.34. The SMILES string of the molecule is CN=C(/C=C\C=N\N=N)C(=O)Nc1cc(OCCc2cc(C)c(C(=O)O)cc2Cl)c(F)cc1C(O)O. The lowest BCUT2D eigenvalue weighted by Crippen LogP contribution is -2.22. The number of carboxylic acid groups (broad SMARTS) is 1. The van der Waals surface area contributed by atoms with E-state index < -0.39 is 24.0 Å². The largest absolute Gasteiger partial charge is 0.490 e. The van der Waals surface area contributed by atoms with Gasteiger partial charge in [0.15, 0.2) is 17.9 Å². The van der Waals surface area contributed by atoms with Gasteiger partial charge >= 0.3 is 5.97 Å². The van der Waals surface area contributed by atoms with Crippen LogP contribution in [-0.4, -0.2) is 52.8 Å². The molecule has 5 N–H and O–H groups in total. The Labute approximate surface area is 210 Å². The first-order chi connectivity index (χ1) is 17.1. The molecule has 0 bridgehead atoms. The standard InChI is InChI=1S/C23H23ClFN5O6/c1-12-8-13(16(24)9-14(12)22(32)33)5-7-36-20-11-19(15(23(34)35)10-17(20)25)29-21(31)18(27-2)4-3-6-28-30-26/h3-4,6,8-11,23,26,34-35H,5,7H2,1-2H3,(H,29,31)(H,32,33)/b4-3-,27-18?,28-6+,30-26?. The molecule has 2 rings (SSSR count). The molecule has 13 heteroatoms. The topological polar surface area (TPSA) is 177 Å². The first-order valence-corrected chi connectivity index (χ1v) is 10.7. The molecule has 11 nitrogen and oxygen atoms in total. The highest BCUT2D eigenvalue weighted by Gasteiger charge is 2.19. The zero-order valence-electron chi connectivity index (χ0n) is 19.2. The summed E-state index contributed by atoms with van der Waals surface area (Å²) in [6, 6.07) is 4.84. The molecule has 0 aliphatic heterocycles. The van der Waals surface area contributed by atoms with Gasteiger partial charge in [-0.2, -0.15) is 5.53 Å². The minimum absolute atomic E-state index is 0.0539. The third-order valence-electron chi connectivity index (χ3n) is 4.82. The van der Waals surface area contributed by atoms with E-state index in [4.69, 9.17) is 21.9 Å². The average Bonchev–Trinajstić information content (AvgIpc) is 2.82. The van der Waals surface area contributed by atoms with E-state index in [1.807, 2.05) is 0 Å². The van der Waals surface area contributed by atoms with Crippen LogP contribution in [0, 0.1) is 18.3 Å². The second-order valence-corrected chi connectivity index (χ2v) is 7.60. The van der Waals surface area contributed by atoms with E-state index in [1.54, 1.807) is 13.0 Å². The third-order valence-corrected chi connectivity index (χ3v) is 5.17. The molecule has 2 aromatic rings. The van der Waals surface area contributed by atoms with E-state index in [0.29, 0.717) is 11.1 Å². The number of carbonyl (C=O) groups excluding carboxylic acids is 1.